The number of Topliss-reactive ketones (excluding diaryl/α,β-unsaturated/α-hetero) is 1. The lowest BCUT2D eigenvalue weighted by atomic mass is 10.2. The number of hydrogen-bond donors (Lipinski definition) is 2. The van der Waals surface area contributed by atoms with Gasteiger partial charge in [0.25, 0.3) is 11.6 Å². The maximum Gasteiger partial charge on any atom is 0.272 e. The number of rotatable bonds is 4. The van der Waals surface area contributed by atoms with Gasteiger partial charge in [0.05, 0.1) is 10.6 Å². The summed E-state index contributed by atoms with van der Waals surface area (Å²) in [4.78, 5) is 35.8. The molecule has 1 aromatic heterocycles. The van der Waals surface area contributed by atoms with E-state index in [0.29, 0.717) is 11.4 Å². The monoisotopic (exact) mass is 273 g/mol. The van der Waals surface area contributed by atoms with Crippen LogP contribution in [0.4, 0.5) is 11.4 Å². The standard InChI is InChI=1S/C13H11N3O4/c1-8(17)11-5-6-12(15-11)13(18)14-9-3-2-4-10(7-9)16(19)20/h2-7,15H,1H3,(H,14,18). The summed E-state index contributed by atoms with van der Waals surface area (Å²) in [5, 5.41) is 13.2. The number of nitro benzene ring substituents is 1. The zero-order valence-corrected chi connectivity index (χ0v) is 10.5. The summed E-state index contributed by atoms with van der Waals surface area (Å²) in [7, 11) is 0. The van der Waals surface area contributed by atoms with E-state index >= 15 is 0 Å². The van der Waals surface area contributed by atoms with E-state index in [1.54, 1.807) is 6.07 Å². The number of non-ortho nitro benzene ring substituents is 1. The minimum atomic E-state index is -0.543. The number of hydrogen-bond acceptors (Lipinski definition) is 4. The SMILES string of the molecule is CC(=O)c1ccc(C(=O)Nc2cccc([N+](=O)[O-])c2)[nH]1. The highest BCUT2D eigenvalue weighted by molar-refractivity contribution is 6.04. The maximum atomic E-state index is 11.9. The number of carbonyl (C=O) groups is 2. The number of aromatic nitrogens is 1. The van der Waals surface area contributed by atoms with Crippen molar-refractivity contribution in [1.29, 1.82) is 0 Å². The van der Waals surface area contributed by atoms with Gasteiger partial charge < -0.3 is 10.3 Å². The summed E-state index contributed by atoms with van der Waals surface area (Å²) >= 11 is 0. The van der Waals surface area contributed by atoms with Gasteiger partial charge in [-0.3, -0.25) is 19.7 Å². The van der Waals surface area contributed by atoms with Crippen LogP contribution in [-0.2, 0) is 0 Å². The second-order valence-electron chi connectivity index (χ2n) is 4.10. The van der Waals surface area contributed by atoms with Gasteiger partial charge in [0, 0.05) is 24.7 Å². The number of anilines is 1. The number of ketones is 1. The van der Waals surface area contributed by atoms with Crippen molar-refractivity contribution in [1.82, 2.24) is 4.98 Å². The number of nitrogens with one attached hydrogen (secondary N) is 2. The number of H-pyrrole nitrogens is 1. The molecular weight excluding hydrogens is 262 g/mol. The van der Waals surface area contributed by atoms with E-state index in [-0.39, 0.29) is 17.2 Å². The Hall–Kier alpha value is -2.96. The Labute approximate surface area is 113 Å². The summed E-state index contributed by atoms with van der Waals surface area (Å²) in [6, 6.07) is 8.59. The van der Waals surface area contributed by atoms with Gasteiger partial charge in [-0.25, -0.2) is 0 Å². The van der Waals surface area contributed by atoms with Crippen LogP contribution in [0.25, 0.3) is 0 Å². The molecule has 0 spiro atoms. The number of aromatic amines is 1. The first-order valence-electron chi connectivity index (χ1n) is 5.73. The van der Waals surface area contributed by atoms with Gasteiger partial charge >= 0.3 is 0 Å². The zero-order valence-electron chi connectivity index (χ0n) is 10.5. The molecule has 0 saturated carbocycles. The molecule has 7 nitrogen and oxygen atoms in total. The first kappa shape index (κ1) is 13.5. The molecule has 2 rings (SSSR count). The molecule has 0 aliphatic carbocycles. The minimum Gasteiger partial charge on any atom is -0.348 e. The number of benzene rings is 1. The van der Waals surface area contributed by atoms with Crippen molar-refractivity contribution in [2.75, 3.05) is 5.32 Å². The van der Waals surface area contributed by atoms with Gasteiger partial charge in [0.1, 0.15) is 5.69 Å². The Morgan fingerprint density at radius 3 is 2.50 bits per heavy atom. The van der Waals surface area contributed by atoms with Crippen molar-refractivity contribution in [3.8, 4) is 0 Å². The van der Waals surface area contributed by atoms with Crippen LogP contribution in [0, 0.1) is 10.1 Å². The summed E-state index contributed by atoms with van der Waals surface area (Å²) in [6.07, 6.45) is 0. The molecule has 1 amide bonds. The lowest BCUT2D eigenvalue weighted by Gasteiger charge is -2.03. The molecular formula is C13H11N3O4. The molecule has 1 aromatic carbocycles. The molecule has 0 unspecified atom stereocenters. The van der Waals surface area contributed by atoms with Crippen molar-refractivity contribution >= 4 is 23.1 Å². The molecule has 1 heterocycles. The van der Waals surface area contributed by atoms with Gasteiger partial charge in [0.2, 0.25) is 0 Å². The third kappa shape index (κ3) is 2.89. The van der Waals surface area contributed by atoms with Gasteiger partial charge in [-0.05, 0) is 18.2 Å². The van der Waals surface area contributed by atoms with Crippen LogP contribution in [-0.4, -0.2) is 21.6 Å². The molecule has 2 aromatic rings. The van der Waals surface area contributed by atoms with Crippen LogP contribution < -0.4 is 5.32 Å². The lowest BCUT2D eigenvalue weighted by Crippen LogP contribution is -2.12. The normalized spacial score (nSPS) is 10.1. The Balaban J connectivity index is 2.16. The fourth-order valence-corrected chi connectivity index (χ4v) is 1.63. The minimum absolute atomic E-state index is 0.112. The first-order valence-corrected chi connectivity index (χ1v) is 5.73. The fraction of sp³-hybridized carbons (Fsp3) is 0.0769. The van der Waals surface area contributed by atoms with E-state index in [2.05, 4.69) is 10.3 Å². The molecule has 2 N–H and O–H groups in total. The predicted molar refractivity (Wildman–Crippen MR) is 71.8 cm³/mol. The first-order chi connectivity index (χ1) is 9.47. The Morgan fingerprint density at radius 1 is 1.20 bits per heavy atom. The van der Waals surface area contributed by atoms with Crippen LogP contribution in [0.1, 0.15) is 27.9 Å². The topological polar surface area (TPSA) is 105 Å². The van der Waals surface area contributed by atoms with Crippen LogP contribution in [0.15, 0.2) is 36.4 Å². The Bertz CT molecular complexity index is 690. The molecule has 0 aliphatic heterocycles. The van der Waals surface area contributed by atoms with Gasteiger partial charge in [-0.15, -0.1) is 0 Å². The summed E-state index contributed by atoms with van der Waals surface area (Å²) in [5.74, 6) is -0.655. The molecule has 0 fully saturated rings. The van der Waals surface area contributed by atoms with Gasteiger partial charge in [-0.2, -0.15) is 0 Å². The number of nitro groups is 1. The Kier molecular flexibility index (Phi) is 3.60. The van der Waals surface area contributed by atoms with Crippen LogP contribution in [0.3, 0.4) is 0 Å². The third-order valence-electron chi connectivity index (χ3n) is 2.62. The average Bonchev–Trinajstić information content (AvgIpc) is 2.88. The smallest absolute Gasteiger partial charge is 0.272 e. The van der Waals surface area contributed by atoms with Crippen LogP contribution in [0.5, 0.6) is 0 Å². The van der Waals surface area contributed by atoms with Crippen molar-refractivity contribution in [2.45, 2.75) is 6.92 Å². The largest absolute Gasteiger partial charge is 0.348 e. The van der Waals surface area contributed by atoms with E-state index in [1.807, 2.05) is 0 Å². The summed E-state index contributed by atoms with van der Waals surface area (Å²) in [5.41, 5.74) is 0.734. The number of carbonyl (C=O) groups excluding carboxylic acids is 2. The number of nitrogens with zero attached hydrogens (tertiary/aromatic N) is 1. The molecule has 0 radical (unpaired) electrons. The fourth-order valence-electron chi connectivity index (χ4n) is 1.63. The zero-order chi connectivity index (χ0) is 14.7. The quantitative estimate of drug-likeness (QED) is 0.506. The van der Waals surface area contributed by atoms with Crippen LogP contribution >= 0.6 is 0 Å². The second kappa shape index (κ2) is 5.35. The second-order valence-corrected chi connectivity index (χ2v) is 4.10. The molecule has 0 atom stereocenters. The summed E-state index contributed by atoms with van der Waals surface area (Å²) in [6.45, 7) is 1.38. The van der Waals surface area contributed by atoms with E-state index in [4.69, 9.17) is 0 Å². The van der Waals surface area contributed by atoms with Gasteiger partial charge in [0.15, 0.2) is 5.78 Å². The lowest BCUT2D eigenvalue weighted by molar-refractivity contribution is -0.384. The van der Waals surface area contributed by atoms with Crippen molar-refractivity contribution in [2.24, 2.45) is 0 Å². The summed E-state index contributed by atoms with van der Waals surface area (Å²) < 4.78 is 0. The molecule has 0 saturated heterocycles. The number of amides is 1. The van der Waals surface area contributed by atoms with Crippen molar-refractivity contribution < 1.29 is 14.5 Å². The predicted octanol–water partition coefficient (Wildman–Crippen LogP) is 2.38. The maximum absolute atomic E-state index is 11.9. The van der Waals surface area contributed by atoms with Crippen LogP contribution in [0.2, 0.25) is 0 Å². The molecule has 0 aliphatic rings. The molecule has 0 bridgehead atoms. The van der Waals surface area contributed by atoms with Crippen molar-refractivity contribution in [3.63, 3.8) is 0 Å². The average molecular weight is 273 g/mol. The van der Waals surface area contributed by atoms with Crippen molar-refractivity contribution in [3.05, 3.63) is 57.9 Å². The molecule has 7 heteroatoms. The highest BCUT2D eigenvalue weighted by Gasteiger charge is 2.12. The molecule has 20 heavy (non-hydrogen) atoms. The van der Waals surface area contributed by atoms with E-state index in [0.717, 1.165) is 0 Å². The van der Waals surface area contributed by atoms with E-state index in [9.17, 15) is 19.7 Å². The third-order valence-corrected chi connectivity index (χ3v) is 2.62. The van der Waals surface area contributed by atoms with E-state index in [1.165, 1.54) is 37.3 Å². The molecule has 102 valence electrons. The highest BCUT2D eigenvalue weighted by Crippen LogP contribution is 2.17. The Morgan fingerprint density at radius 2 is 1.90 bits per heavy atom. The van der Waals surface area contributed by atoms with Gasteiger partial charge in [-0.1, -0.05) is 6.07 Å². The van der Waals surface area contributed by atoms with E-state index < -0.39 is 10.8 Å². The highest BCUT2D eigenvalue weighted by atomic mass is 16.6.